The molecule has 5 N–H and O–H groups in total. The van der Waals surface area contributed by atoms with E-state index in [1.807, 2.05) is 19.9 Å². The van der Waals surface area contributed by atoms with Crippen LogP contribution in [0.1, 0.15) is 56.3 Å². The van der Waals surface area contributed by atoms with Crippen LogP contribution in [0.2, 0.25) is 0 Å². The van der Waals surface area contributed by atoms with Crippen molar-refractivity contribution in [1.29, 1.82) is 0 Å². The molecule has 0 atom stereocenters. The summed E-state index contributed by atoms with van der Waals surface area (Å²) in [6, 6.07) is 5.29. The van der Waals surface area contributed by atoms with Gasteiger partial charge in [0.2, 0.25) is 5.91 Å². The summed E-state index contributed by atoms with van der Waals surface area (Å²) in [7, 11) is 0. The number of benzene rings is 1. The first-order valence-electron chi connectivity index (χ1n) is 9.17. The standard InChI is InChI=1S/C19H30N4O2.ClH/c1-3-19(4-2,13-20)18(25)22-14-8-9-15(17(21)24)16(12-14)23-10-6-5-7-11-23;/h8-9,12H,3-7,10-11,13,20H2,1-2H3,(H2,21,24)(H,22,25);1H. The normalized spacial score (nSPS) is 14.5. The molecule has 6 nitrogen and oxygen atoms in total. The van der Waals surface area contributed by atoms with E-state index >= 15 is 0 Å². The highest BCUT2D eigenvalue weighted by Crippen LogP contribution is 2.30. The van der Waals surface area contributed by atoms with Crippen molar-refractivity contribution < 1.29 is 9.59 Å². The number of nitrogens with one attached hydrogen (secondary N) is 1. The average Bonchev–Trinajstić information content (AvgIpc) is 2.64. The first-order chi connectivity index (χ1) is 12.0. The third-order valence-corrected chi connectivity index (χ3v) is 5.44. The van der Waals surface area contributed by atoms with E-state index in [4.69, 9.17) is 11.5 Å². The highest BCUT2D eigenvalue weighted by Gasteiger charge is 2.33. The minimum atomic E-state index is -0.562. The molecule has 0 bridgehead atoms. The molecule has 1 aromatic rings. The molecule has 2 amide bonds. The topological polar surface area (TPSA) is 101 Å². The van der Waals surface area contributed by atoms with Gasteiger partial charge in [0, 0.05) is 25.3 Å². The number of rotatable bonds is 7. The Morgan fingerprint density at radius 3 is 2.27 bits per heavy atom. The number of hydrogen-bond donors (Lipinski definition) is 3. The Balaban J connectivity index is 0.00000338. The van der Waals surface area contributed by atoms with Crippen molar-refractivity contribution >= 4 is 35.6 Å². The van der Waals surface area contributed by atoms with Gasteiger partial charge in [-0.3, -0.25) is 9.59 Å². The predicted molar refractivity (Wildman–Crippen MR) is 109 cm³/mol. The Labute approximate surface area is 162 Å². The second-order valence-corrected chi connectivity index (χ2v) is 6.79. The number of hydrogen-bond acceptors (Lipinski definition) is 4. The first-order valence-corrected chi connectivity index (χ1v) is 9.17. The molecule has 0 saturated carbocycles. The summed E-state index contributed by atoms with van der Waals surface area (Å²) < 4.78 is 0. The molecule has 1 aliphatic rings. The molecule has 2 rings (SSSR count). The van der Waals surface area contributed by atoms with Crippen molar-refractivity contribution in [1.82, 2.24) is 0 Å². The van der Waals surface area contributed by atoms with Crippen LogP contribution < -0.4 is 21.7 Å². The molecule has 146 valence electrons. The summed E-state index contributed by atoms with van der Waals surface area (Å²) in [5, 5.41) is 2.98. The molecule has 1 aromatic carbocycles. The maximum Gasteiger partial charge on any atom is 0.250 e. The number of piperidine rings is 1. The van der Waals surface area contributed by atoms with Gasteiger partial charge in [-0.1, -0.05) is 13.8 Å². The van der Waals surface area contributed by atoms with Gasteiger partial charge in [0.05, 0.1) is 16.7 Å². The fraction of sp³-hybridized carbons (Fsp3) is 0.579. The van der Waals surface area contributed by atoms with Gasteiger partial charge in [-0.25, -0.2) is 0 Å². The van der Waals surface area contributed by atoms with Crippen molar-refractivity contribution in [2.24, 2.45) is 16.9 Å². The minimum absolute atomic E-state index is 0. The van der Waals surface area contributed by atoms with E-state index in [0.717, 1.165) is 31.6 Å². The van der Waals surface area contributed by atoms with Crippen LogP contribution in [0.4, 0.5) is 11.4 Å². The van der Waals surface area contributed by atoms with E-state index in [0.29, 0.717) is 30.6 Å². The molecular weight excluding hydrogens is 352 g/mol. The number of carbonyl (C=O) groups is 2. The summed E-state index contributed by atoms with van der Waals surface area (Å²) in [5.74, 6) is -0.520. The Morgan fingerprint density at radius 1 is 1.15 bits per heavy atom. The van der Waals surface area contributed by atoms with E-state index in [2.05, 4.69) is 10.2 Å². The van der Waals surface area contributed by atoms with E-state index in [9.17, 15) is 9.59 Å². The van der Waals surface area contributed by atoms with Gasteiger partial charge in [-0.2, -0.15) is 0 Å². The average molecular weight is 383 g/mol. The third kappa shape index (κ3) is 4.68. The van der Waals surface area contributed by atoms with Crippen molar-refractivity contribution in [3.8, 4) is 0 Å². The Morgan fingerprint density at radius 2 is 1.77 bits per heavy atom. The summed E-state index contributed by atoms with van der Waals surface area (Å²) in [4.78, 5) is 26.7. The van der Waals surface area contributed by atoms with Gasteiger partial charge in [0.15, 0.2) is 0 Å². The summed E-state index contributed by atoms with van der Waals surface area (Å²) in [6.45, 7) is 6.06. The van der Waals surface area contributed by atoms with E-state index < -0.39 is 11.3 Å². The number of carbonyl (C=O) groups excluding carboxylic acids is 2. The summed E-state index contributed by atoms with van der Waals surface area (Å²) in [6.07, 6.45) is 4.76. The van der Waals surface area contributed by atoms with Gasteiger partial charge in [0.1, 0.15) is 0 Å². The quantitative estimate of drug-likeness (QED) is 0.674. The lowest BCUT2D eigenvalue weighted by atomic mass is 9.81. The fourth-order valence-corrected chi connectivity index (χ4v) is 3.43. The van der Waals surface area contributed by atoms with Gasteiger partial charge >= 0.3 is 0 Å². The first kappa shape index (κ1) is 22.3. The summed E-state index contributed by atoms with van der Waals surface area (Å²) >= 11 is 0. The lowest BCUT2D eigenvalue weighted by Gasteiger charge is -2.31. The van der Waals surface area contributed by atoms with Gasteiger partial charge in [-0.15, -0.1) is 12.4 Å². The van der Waals surface area contributed by atoms with Crippen molar-refractivity contribution in [3.63, 3.8) is 0 Å². The number of amides is 2. The molecular formula is C19H31ClN4O2. The maximum atomic E-state index is 12.7. The Hall–Kier alpha value is -1.79. The Kier molecular flexibility index (Phi) is 8.37. The smallest absolute Gasteiger partial charge is 0.250 e. The molecule has 1 heterocycles. The van der Waals surface area contributed by atoms with Gasteiger partial charge < -0.3 is 21.7 Å². The highest BCUT2D eigenvalue weighted by molar-refractivity contribution is 6.01. The van der Waals surface area contributed by atoms with E-state index in [1.54, 1.807) is 12.1 Å². The lowest BCUT2D eigenvalue weighted by Crippen LogP contribution is -2.41. The molecule has 0 spiro atoms. The van der Waals surface area contributed by atoms with E-state index in [1.165, 1.54) is 6.42 Å². The molecule has 7 heteroatoms. The molecule has 1 fully saturated rings. The van der Waals surface area contributed by atoms with Gasteiger partial charge in [0.25, 0.3) is 5.91 Å². The molecule has 0 aliphatic carbocycles. The molecule has 1 saturated heterocycles. The van der Waals surface area contributed by atoms with Crippen LogP contribution in [0, 0.1) is 5.41 Å². The zero-order valence-electron chi connectivity index (χ0n) is 15.7. The fourth-order valence-electron chi connectivity index (χ4n) is 3.43. The minimum Gasteiger partial charge on any atom is -0.371 e. The zero-order chi connectivity index (χ0) is 18.4. The van der Waals surface area contributed by atoms with Crippen LogP contribution in [-0.4, -0.2) is 31.4 Å². The predicted octanol–water partition coefficient (Wildman–Crippen LogP) is 2.90. The van der Waals surface area contributed by atoms with Gasteiger partial charge in [-0.05, 0) is 50.3 Å². The molecule has 1 aliphatic heterocycles. The Bertz CT molecular complexity index is 618. The zero-order valence-corrected chi connectivity index (χ0v) is 16.5. The van der Waals surface area contributed by atoms with Crippen LogP contribution in [-0.2, 0) is 4.79 Å². The molecule has 0 radical (unpaired) electrons. The second-order valence-electron chi connectivity index (χ2n) is 6.79. The van der Waals surface area contributed by atoms with Crippen LogP contribution in [0.15, 0.2) is 18.2 Å². The third-order valence-electron chi connectivity index (χ3n) is 5.44. The number of halogens is 1. The molecule has 0 aromatic heterocycles. The van der Waals surface area contributed by atoms with Crippen molar-refractivity contribution in [2.45, 2.75) is 46.0 Å². The van der Waals surface area contributed by atoms with Crippen LogP contribution in [0.25, 0.3) is 0 Å². The number of anilines is 2. The number of primary amides is 1. The van der Waals surface area contributed by atoms with E-state index in [-0.39, 0.29) is 18.3 Å². The van der Waals surface area contributed by atoms with Crippen molar-refractivity contribution in [2.75, 3.05) is 29.9 Å². The number of nitrogens with zero attached hydrogens (tertiary/aromatic N) is 1. The SMILES string of the molecule is CCC(CC)(CN)C(=O)Nc1ccc(C(N)=O)c(N2CCCCC2)c1.Cl. The maximum absolute atomic E-state index is 12.7. The second kappa shape index (κ2) is 9.78. The number of nitrogens with two attached hydrogens (primary N) is 2. The van der Waals surface area contributed by atoms with Crippen LogP contribution in [0.5, 0.6) is 0 Å². The lowest BCUT2D eigenvalue weighted by molar-refractivity contribution is -0.125. The summed E-state index contributed by atoms with van der Waals surface area (Å²) in [5.41, 5.74) is 12.8. The monoisotopic (exact) mass is 382 g/mol. The largest absolute Gasteiger partial charge is 0.371 e. The van der Waals surface area contributed by atoms with Crippen LogP contribution in [0.3, 0.4) is 0 Å². The highest BCUT2D eigenvalue weighted by atomic mass is 35.5. The van der Waals surface area contributed by atoms with Crippen LogP contribution >= 0.6 is 12.4 Å². The molecule has 26 heavy (non-hydrogen) atoms. The van der Waals surface area contributed by atoms with Crippen molar-refractivity contribution in [3.05, 3.63) is 23.8 Å². The molecule has 0 unspecified atom stereocenters.